The summed E-state index contributed by atoms with van der Waals surface area (Å²) < 4.78 is 36.7. The molecule has 0 aromatic heterocycles. The largest absolute Gasteiger partial charge is 0.477 e. The number of hydrogen-bond acceptors (Lipinski definition) is 20. The minimum absolute atomic E-state index is 0.185. The van der Waals surface area contributed by atoms with Gasteiger partial charge in [0.2, 0.25) is 5.91 Å². The number of methoxy groups -OCH3 is 2. The van der Waals surface area contributed by atoms with Gasteiger partial charge in [0, 0.05) is 18.8 Å². The van der Waals surface area contributed by atoms with E-state index in [0.717, 1.165) is 36.5 Å². The summed E-state index contributed by atoms with van der Waals surface area (Å²) in [6.07, 6.45) is -19.4. The standard InChI is InChI=1S/C39H50N2O21/c1-56-28(49)17-60-39(36(54)57-2)12-24(45)29(33(62-39)31(50)25(46)13-42)40-27(48)16-59-38(35(52)53)11-23(44)30(34(61-38)32(51)26(47)14-43)41-37(55)58-15-22-20-9-5-3-7-18(20)19-8-4-6-10-21(19)22/h3-10,22-26,29-34,42-47,50-51H,11-17H2,1-2H3,(H,40,48)(H,41,55)(H,52,53)/t23-,24-,25+,26+,29+,30+,31+,32+,33+,34+,38+,39+/m0/s1. The summed E-state index contributed by atoms with van der Waals surface area (Å²) in [5.74, 6) is -11.6. The topological polar surface area (TPSA) is 356 Å². The molecule has 2 aliphatic heterocycles. The summed E-state index contributed by atoms with van der Waals surface area (Å²) in [5.41, 5.74) is 3.65. The molecule has 2 heterocycles. The molecule has 11 N–H and O–H groups in total. The van der Waals surface area contributed by atoms with Gasteiger partial charge in [0.1, 0.15) is 56.4 Å². The number of ether oxygens (including phenoxy) is 7. The van der Waals surface area contributed by atoms with Gasteiger partial charge in [-0.15, -0.1) is 0 Å². The van der Waals surface area contributed by atoms with E-state index < -0.39 is 142 Å². The Morgan fingerprint density at radius 2 is 1.21 bits per heavy atom. The SMILES string of the molecule is COC(=O)CO[C@]1(C(=O)OC)C[C@H](O)[C@@H](NC(=O)CO[C@]2(C(=O)O)C[C@H](O)[C@@H](NC(=O)OCC3c4ccccc4-c4ccccc43)[C@H]([C@H](O)[C@H](O)CO)O2)[C@H]([C@H](O)[C@H](O)CO)O1. The molecular weight excluding hydrogens is 832 g/mol. The Labute approximate surface area is 352 Å². The number of benzene rings is 2. The van der Waals surface area contributed by atoms with Crippen LogP contribution < -0.4 is 10.6 Å². The predicted molar refractivity (Wildman–Crippen MR) is 202 cm³/mol. The maximum Gasteiger partial charge on any atom is 0.407 e. The van der Waals surface area contributed by atoms with Crippen molar-refractivity contribution in [3.05, 3.63) is 59.7 Å². The molecule has 1 aliphatic carbocycles. The van der Waals surface area contributed by atoms with Crippen LogP contribution >= 0.6 is 0 Å². The van der Waals surface area contributed by atoms with Crippen molar-refractivity contribution in [3.63, 3.8) is 0 Å². The van der Waals surface area contributed by atoms with Gasteiger partial charge in [-0.05, 0) is 22.3 Å². The molecule has 342 valence electrons. The maximum atomic E-state index is 13.4. The summed E-state index contributed by atoms with van der Waals surface area (Å²) in [5, 5.41) is 99.0. The van der Waals surface area contributed by atoms with E-state index in [0.29, 0.717) is 0 Å². The van der Waals surface area contributed by atoms with Crippen LogP contribution in [-0.2, 0) is 52.3 Å². The Morgan fingerprint density at radius 1 is 0.726 bits per heavy atom. The Morgan fingerprint density at radius 3 is 1.71 bits per heavy atom. The van der Waals surface area contributed by atoms with Crippen LogP contribution in [-0.4, -0.2) is 196 Å². The van der Waals surface area contributed by atoms with Crippen molar-refractivity contribution >= 4 is 29.9 Å². The molecule has 62 heavy (non-hydrogen) atoms. The summed E-state index contributed by atoms with van der Waals surface area (Å²) in [6, 6.07) is 11.5. The van der Waals surface area contributed by atoms with Gasteiger partial charge in [0.15, 0.2) is 0 Å². The van der Waals surface area contributed by atoms with Crippen molar-refractivity contribution in [2.75, 3.05) is 47.3 Å². The molecule has 2 aromatic carbocycles. The number of carbonyl (C=O) groups is 5. The zero-order chi connectivity index (χ0) is 45.5. The van der Waals surface area contributed by atoms with E-state index in [4.69, 9.17) is 28.4 Å². The first-order valence-electron chi connectivity index (χ1n) is 19.2. The highest BCUT2D eigenvalue weighted by Crippen LogP contribution is 2.44. The number of hydrogen-bond donors (Lipinski definition) is 11. The van der Waals surface area contributed by atoms with Crippen LogP contribution in [0.3, 0.4) is 0 Å². The molecule has 0 spiro atoms. The third kappa shape index (κ3) is 10.1. The second-order valence-corrected chi connectivity index (χ2v) is 14.7. The Kier molecular flexibility index (Phi) is 15.9. The van der Waals surface area contributed by atoms with Crippen LogP contribution in [0.1, 0.15) is 29.9 Å². The molecule has 0 radical (unpaired) electrons. The molecule has 0 unspecified atom stereocenters. The number of carboxylic acids is 1. The molecule has 23 nitrogen and oxygen atoms in total. The van der Waals surface area contributed by atoms with Gasteiger partial charge in [0.25, 0.3) is 11.6 Å². The lowest BCUT2D eigenvalue weighted by atomic mass is 9.88. The first-order chi connectivity index (χ1) is 29.5. The van der Waals surface area contributed by atoms with Crippen LogP contribution in [0.25, 0.3) is 11.1 Å². The first-order valence-corrected chi connectivity index (χ1v) is 19.2. The lowest BCUT2D eigenvalue weighted by Gasteiger charge is -2.47. The van der Waals surface area contributed by atoms with E-state index in [1.807, 2.05) is 48.5 Å². The second-order valence-electron chi connectivity index (χ2n) is 14.7. The molecule has 2 fully saturated rings. The number of aliphatic hydroxyl groups is 8. The van der Waals surface area contributed by atoms with E-state index in [1.54, 1.807) is 0 Å². The zero-order valence-corrected chi connectivity index (χ0v) is 33.3. The minimum atomic E-state index is -3.01. The number of amides is 2. The molecule has 12 atom stereocenters. The quantitative estimate of drug-likeness (QED) is 0.0501. The van der Waals surface area contributed by atoms with Gasteiger partial charge in [0.05, 0.1) is 51.7 Å². The number of esters is 2. The summed E-state index contributed by atoms with van der Waals surface area (Å²) >= 11 is 0. The third-order valence-corrected chi connectivity index (χ3v) is 10.8. The molecule has 3 aliphatic rings. The number of carbonyl (C=O) groups excluding carboxylic acids is 4. The van der Waals surface area contributed by atoms with E-state index in [1.165, 1.54) is 0 Å². The van der Waals surface area contributed by atoms with E-state index in [2.05, 4.69) is 15.4 Å². The molecule has 2 aromatic rings. The van der Waals surface area contributed by atoms with Gasteiger partial charge in [-0.25, -0.2) is 19.2 Å². The fourth-order valence-corrected chi connectivity index (χ4v) is 7.65. The first kappa shape index (κ1) is 48.1. The lowest BCUT2D eigenvalue weighted by Crippen LogP contribution is -2.69. The highest BCUT2D eigenvalue weighted by molar-refractivity contribution is 5.81. The normalized spacial score (nSPS) is 28.9. The van der Waals surface area contributed by atoms with Gasteiger partial charge >= 0.3 is 24.0 Å². The predicted octanol–water partition coefficient (Wildman–Crippen LogP) is -4.04. The number of fused-ring (bicyclic) bond motifs is 3. The highest BCUT2D eigenvalue weighted by atomic mass is 16.7. The van der Waals surface area contributed by atoms with E-state index in [9.17, 15) is 69.9 Å². The summed E-state index contributed by atoms with van der Waals surface area (Å²) in [7, 11) is 1.90. The van der Waals surface area contributed by atoms with Crippen molar-refractivity contribution in [3.8, 4) is 11.1 Å². The number of rotatable bonds is 18. The molecular formula is C39H50N2O21. The monoisotopic (exact) mass is 882 g/mol. The third-order valence-electron chi connectivity index (χ3n) is 10.8. The smallest absolute Gasteiger partial charge is 0.407 e. The summed E-state index contributed by atoms with van der Waals surface area (Å²) in [4.78, 5) is 64.1. The van der Waals surface area contributed by atoms with Gasteiger partial charge < -0.3 is 89.8 Å². The van der Waals surface area contributed by atoms with Crippen LogP contribution in [0.2, 0.25) is 0 Å². The molecule has 5 rings (SSSR count). The average Bonchev–Trinajstić information content (AvgIpc) is 3.59. The van der Waals surface area contributed by atoms with Crippen molar-refractivity contribution < 1.29 is 103 Å². The molecule has 0 bridgehead atoms. The van der Waals surface area contributed by atoms with Crippen LogP contribution in [0.15, 0.2) is 48.5 Å². The van der Waals surface area contributed by atoms with Crippen LogP contribution in [0.4, 0.5) is 4.79 Å². The molecule has 23 heteroatoms. The number of nitrogens with one attached hydrogen (secondary N) is 2. The van der Waals surface area contributed by atoms with Crippen LogP contribution in [0, 0.1) is 0 Å². The minimum Gasteiger partial charge on any atom is -0.477 e. The average molecular weight is 883 g/mol. The molecule has 0 saturated carbocycles. The van der Waals surface area contributed by atoms with Gasteiger partial charge in [-0.1, -0.05) is 48.5 Å². The fourth-order valence-electron chi connectivity index (χ4n) is 7.65. The molecule has 2 saturated heterocycles. The van der Waals surface area contributed by atoms with E-state index >= 15 is 0 Å². The Balaban J connectivity index is 1.31. The zero-order valence-electron chi connectivity index (χ0n) is 33.3. The van der Waals surface area contributed by atoms with Crippen molar-refractivity contribution in [2.45, 2.75) is 91.2 Å². The van der Waals surface area contributed by atoms with Gasteiger partial charge in [-0.2, -0.15) is 0 Å². The van der Waals surface area contributed by atoms with Crippen molar-refractivity contribution in [2.24, 2.45) is 0 Å². The van der Waals surface area contributed by atoms with Crippen molar-refractivity contribution in [1.82, 2.24) is 10.6 Å². The Hall–Kier alpha value is -4.89. The number of carboxylic acid groups (broad SMARTS) is 1. The second kappa shape index (κ2) is 20.5. The van der Waals surface area contributed by atoms with E-state index in [-0.39, 0.29) is 12.5 Å². The highest BCUT2D eigenvalue weighted by Gasteiger charge is 2.58. The number of alkyl carbamates (subject to hydrolysis) is 1. The van der Waals surface area contributed by atoms with Crippen molar-refractivity contribution in [1.29, 1.82) is 0 Å². The summed E-state index contributed by atoms with van der Waals surface area (Å²) in [6.45, 7) is -4.59. The molecule has 2 amide bonds. The number of aliphatic carboxylic acids is 1. The van der Waals surface area contributed by atoms with Gasteiger partial charge in [-0.3, -0.25) is 4.79 Å². The Bertz CT molecular complexity index is 1870. The van der Waals surface area contributed by atoms with Crippen LogP contribution in [0.5, 0.6) is 0 Å². The number of aliphatic hydroxyl groups excluding tert-OH is 8. The fraction of sp³-hybridized carbons (Fsp3) is 0.564. The maximum absolute atomic E-state index is 13.4. The lowest BCUT2D eigenvalue weighted by molar-refractivity contribution is -0.313.